The maximum absolute atomic E-state index is 11.6. The maximum Gasteiger partial charge on any atom is 0.323 e. The Morgan fingerprint density at radius 3 is 2.53 bits per heavy atom. The fourth-order valence-corrected chi connectivity index (χ4v) is 1.34. The number of hydrogen-bond donors (Lipinski definition) is 2. The van der Waals surface area contributed by atoms with Crippen molar-refractivity contribution < 1.29 is 14.6 Å². The predicted molar refractivity (Wildman–Crippen MR) is 65.6 cm³/mol. The smallest absolute Gasteiger partial charge is 0.323 e. The van der Waals surface area contributed by atoms with E-state index >= 15 is 0 Å². The molecule has 0 fully saturated rings. The molecule has 0 saturated carbocycles. The van der Waals surface area contributed by atoms with Crippen molar-refractivity contribution in [2.45, 2.75) is 38.8 Å². The Bertz CT molecular complexity index is 361. The normalized spacial score (nSPS) is 14.1. The first-order valence-electron chi connectivity index (χ1n) is 5.77. The van der Waals surface area contributed by atoms with Gasteiger partial charge in [-0.2, -0.15) is 0 Å². The molecule has 0 aliphatic carbocycles. The van der Waals surface area contributed by atoms with Crippen LogP contribution in [0.1, 0.15) is 25.8 Å². The van der Waals surface area contributed by atoms with Gasteiger partial charge in [0.05, 0.1) is 6.10 Å². The molecule has 0 spiro atoms. The van der Waals surface area contributed by atoms with Crippen LogP contribution in [0.5, 0.6) is 5.75 Å². The molecule has 4 nitrogen and oxygen atoms in total. The van der Waals surface area contributed by atoms with E-state index in [2.05, 4.69) is 0 Å². The number of carbonyl (C=O) groups excluding carboxylic acids is 1. The van der Waals surface area contributed by atoms with Crippen molar-refractivity contribution >= 4 is 5.97 Å². The molecule has 3 N–H and O–H groups in total. The highest BCUT2D eigenvalue weighted by Crippen LogP contribution is 2.11. The van der Waals surface area contributed by atoms with Gasteiger partial charge >= 0.3 is 5.97 Å². The van der Waals surface area contributed by atoms with Crippen molar-refractivity contribution in [3.63, 3.8) is 0 Å². The topological polar surface area (TPSA) is 72.5 Å². The van der Waals surface area contributed by atoms with E-state index in [1.54, 1.807) is 24.3 Å². The van der Waals surface area contributed by atoms with Gasteiger partial charge in [-0.15, -0.1) is 0 Å². The van der Waals surface area contributed by atoms with Gasteiger partial charge in [0.1, 0.15) is 11.8 Å². The molecular weight excluding hydrogens is 218 g/mol. The van der Waals surface area contributed by atoms with Crippen molar-refractivity contribution in [1.82, 2.24) is 0 Å². The first kappa shape index (κ1) is 13.5. The minimum atomic E-state index is -0.659. The standard InChI is InChI=1S/C13H19NO3/c1-3-9(2)17-13(16)12(14)8-10-4-6-11(15)7-5-10/h4-7,9,12,15H,3,8,14H2,1-2H3/t9-,12+/m1/s1. The Labute approximate surface area is 101 Å². The molecule has 2 atom stereocenters. The summed E-state index contributed by atoms with van der Waals surface area (Å²) in [7, 11) is 0. The van der Waals surface area contributed by atoms with Crippen molar-refractivity contribution in [1.29, 1.82) is 0 Å². The fraction of sp³-hybridized carbons (Fsp3) is 0.462. The van der Waals surface area contributed by atoms with Crippen LogP contribution in [0.4, 0.5) is 0 Å². The molecule has 4 heteroatoms. The molecule has 0 bridgehead atoms. The van der Waals surface area contributed by atoms with Crippen LogP contribution in [0, 0.1) is 0 Å². The lowest BCUT2D eigenvalue weighted by Gasteiger charge is -2.15. The molecule has 1 rings (SSSR count). The third-order valence-electron chi connectivity index (χ3n) is 2.59. The molecule has 17 heavy (non-hydrogen) atoms. The summed E-state index contributed by atoms with van der Waals surface area (Å²) in [6.45, 7) is 3.79. The van der Waals surface area contributed by atoms with Gasteiger partial charge in [-0.1, -0.05) is 19.1 Å². The summed E-state index contributed by atoms with van der Waals surface area (Å²) >= 11 is 0. The minimum absolute atomic E-state index is 0.103. The van der Waals surface area contributed by atoms with Crippen LogP contribution >= 0.6 is 0 Å². The molecule has 1 aromatic carbocycles. The molecule has 0 unspecified atom stereocenters. The van der Waals surface area contributed by atoms with E-state index in [4.69, 9.17) is 15.6 Å². The monoisotopic (exact) mass is 237 g/mol. The van der Waals surface area contributed by atoms with Crippen LogP contribution in [-0.2, 0) is 16.0 Å². The Morgan fingerprint density at radius 1 is 1.41 bits per heavy atom. The van der Waals surface area contributed by atoms with E-state index in [0.29, 0.717) is 6.42 Å². The van der Waals surface area contributed by atoms with Crippen LogP contribution in [0.15, 0.2) is 24.3 Å². The van der Waals surface area contributed by atoms with Gasteiger partial charge in [-0.05, 0) is 37.5 Å². The molecule has 0 aliphatic rings. The first-order valence-corrected chi connectivity index (χ1v) is 5.77. The molecule has 0 aromatic heterocycles. The number of phenols is 1. The molecule has 0 saturated heterocycles. The summed E-state index contributed by atoms with van der Waals surface area (Å²) in [4.78, 5) is 11.6. The van der Waals surface area contributed by atoms with E-state index < -0.39 is 6.04 Å². The Hall–Kier alpha value is -1.55. The molecular formula is C13H19NO3. The van der Waals surface area contributed by atoms with Crippen molar-refractivity contribution in [3.8, 4) is 5.75 Å². The second-order valence-electron chi connectivity index (χ2n) is 4.13. The number of nitrogens with two attached hydrogens (primary N) is 1. The number of rotatable bonds is 5. The van der Waals surface area contributed by atoms with Gasteiger partial charge in [0.25, 0.3) is 0 Å². The Balaban J connectivity index is 2.51. The van der Waals surface area contributed by atoms with Gasteiger partial charge in [0.15, 0.2) is 0 Å². The van der Waals surface area contributed by atoms with Gasteiger partial charge < -0.3 is 15.6 Å². The number of ether oxygens (including phenoxy) is 1. The number of aromatic hydroxyl groups is 1. The lowest BCUT2D eigenvalue weighted by atomic mass is 10.1. The molecule has 0 radical (unpaired) electrons. The zero-order valence-electron chi connectivity index (χ0n) is 10.2. The highest BCUT2D eigenvalue weighted by molar-refractivity contribution is 5.76. The average Bonchev–Trinajstić information content (AvgIpc) is 2.31. The summed E-state index contributed by atoms with van der Waals surface area (Å²) in [5, 5.41) is 9.13. The fourth-order valence-electron chi connectivity index (χ4n) is 1.34. The number of hydrogen-bond acceptors (Lipinski definition) is 4. The van der Waals surface area contributed by atoms with Gasteiger partial charge in [-0.3, -0.25) is 4.79 Å². The Kier molecular flexibility index (Phi) is 4.97. The maximum atomic E-state index is 11.6. The third kappa shape index (κ3) is 4.44. The van der Waals surface area contributed by atoms with Crippen LogP contribution in [0.3, 0.4) is 0 Å². The van der Waals surface area contributed by atoms with Crippen molar-refractivity contribution in [3.05, 3.63) is 29.8 Å². The van der Waals surface area contributed by atoms with Crippen LogP contribution in [0.2, 0.25) is 0 Å². The van der Waals surface area contributed by atoms with E-state index in [0.717, 1.165) is 12.0 Å². The first-order chi connectivity index (χ1) is 8.02. The number of carbonyl (C=O) groups is 1. The predicted octanol–water partition coefficient (Wildman–Crippen LogP) is 1.60. The summed E-state index contributed by atoms with van der Waals surface area (Å²) in [5.74, 6) is -0.183. The SMILES string of the molecule is CC[C@@H](C)OC(=O)[C@@H](N)Cc1ccc(O)cc1. The minimum Gasteiger partial charge on any atom is -0.508 e. The van der Waals surface area contributed by atoms with Crippen LogP contribution in [-0.4, -0.2) is 23.2 Å². The zero-order valence-corrected chi connectivity index (χ0v) is 10.2. The van der Waals surface area contributed by atoms with Gasteiger partial charge in [0.2, 0.25) is 0 Å². The average molecular weight is 237 g/mol. The summed E-state index contributed by atoms with van der Waals surface area (Å²) < 4.78 is 5.14. The summed E-state index contributed by atoms with van der Waals surface area (Å²) in [6.07, 6.45) is 1.08. The summed E-state index contributed by atoms with van der Waals surface area (Å²) in [5.41, 5.74) is 6.65. The number of phenolic OH excluding ortho intramolecular Hbond substituents is 1. The second kappa shape index (κ2) is 6.25. The van der Waals surface area contributed by atoms with E-state index in [1.165, 1.54) is 0 Å². The highest BCUT2D eigenvalue weighted by atomic mass is 16.5. The molecule has 0 heterocycles. The summed E-state index contributed by atoms with van der Waals surface area (Å²) in [6, 6.07) is 5.97. The van der Waals surface area contributed by atoms with Crippen molar-refractivity contribution in [2.75, 3.05) is 0 Å². The van der Waals surface area contributed by atoms with E-state index in [9.17, 15) is 4.79 Å². The molecule has 94 valence electrons. The molecule has 0 aliphatic heterocycles. The molecule has 0 amide bonds. The van der Waals surface area contributed by atoms with Gasteiger partial charge in [-0.25, -0.2) is 0 Å². The zero-order chi connectivity index (χ0) is 12.8. The van der Waals surface area contributed by atoms with Crippen LogP contribution in [0.25, 0.3) is 0 Å². The number of benzene rings is 1. The van der Waals surface area contributed by atoms with E-state index in [1.807, 2.05) is 13.8 Å². The third-order valence-corrected chi connectivity index (χ3v) is 2.59. The largest absolute Gasteiger partial charge is 0.508 e. The molecule has 1 aromatic rings. The number of esters is 1. The second-order valence-corrected chi connectivity index (χ2v) is 4.13. The lowest BCUT2D eigenvalue weighted by Crippen LogP contribution is -2.36. The highest BCUT2D eigenvalue weighted by Gasteiger charge is 2.17. The Morgan fingerprint density at radius 2 is 2.00 bits per heavy atom. The van der Waals surface area contributed by atoms with Crippen LogP contribution < -0.4 is 5.73 Å². The van der Waals surface area contributed by atoms with Gasteiger partial charge in [0, 0.05) is 0 Å². The quantitative estimate of drug-likeness (QED) is 0.763. The lowest BCUT2D eigenvalue weighted by molar-refractivity contribution is -0.149. The van der Waals surface area contributed by atoms with Crippen molar-refractivity contribution in [2.24, 2.45) is 5.73 Å². The van der Waals surface area contributed by atoms with E-state index in [-0.39, 0.29) is 17.8 Å².